The van der Waals surface area contributed by atoms with Gasteiger partial charge in [-0.25, -0.2) is 0 Å². The first kappa shape index (κ1) is 11.2. The zero-order chi connectivity index (χ0) is 11.5. The molecule has 2 nitrogen and oxygen atoms in total. The highest BCUT2D eigenvalue weighted by Gasteiger charge is 2.07. The number of hydrogen-bond donors (Lipinski definition) is 1. The lowest BCUT2D eigenvalue weighted by Gasteiger charge is -2.05. The summed E-state index contributed by atoms with van der Waals surface area (Å²) in [4.78, 5) is 0. The smallest absolute Gasteiger partial charge is 0.0483 e. The molecule has 0 aliphatic heterocycles. The second-order valence-electron chi connectivity index (χ2n) is 4.44. The number of rotatable bonds is 4. The summed E-state index contributed by atoms with van der Waals surface area (Å²) in [6.07, 6.45) is 4.57. The van der Waals surface area contributed by atoms with E-state index >= 15 is 0 Å². The van der Waals surface area contributed by atoms with Crippen LogP contribution in [0, 0.1) is 6.92 Å². The van der Waals surface area contributed by atoms with Gasteiger partial charge in [0.05, 0.1) is 0 Å². The van der Waals surface area contributed by atoms with Gasteiger partial charge in [-0.3, -0.25) is 0 Å². The number of nitrogens with one attached hydrogen (secondary N) is 1. The van der Waals surface area contributed by atoms with Crippen molar-refractivity contribution < 1.29 is 0 Å². The number of fused-ring (bicyclic) bond motifs is 1. The van der Waals surface area contributed by atoms with Gasteiger partial charge >= 0.3 is 0 Å². The van der Waals surface area contributed by atoms with Crippen LogP contribution in [0.2, 0.25) is 0 Å². The van der Waals surface area contributed by atoms with Crippen molar-refractivity contribution in [1.29, 1.82) is 0 Å². The first-order valence-electron chi connectivity index (χ1n) is 5.92. The minimum absolute atomic E-state index is 1.09. The number of aromatic nitrogens is 1. The SMILES string of the molecule is CNCCCc1cccc2c1c(C)cn2C. The molecule has 0 aliphatic carbocycles. The van der Waals surface area contributed by atoms with E-state index in [2.05, 4.69) is 48.3 Å². The largest absolute Gasteiger partial charge is 0.350 e. The van der Waals surface area contributed by atoms with Crippen molar-refractivity contribution in [3.63, 3.8) is 0 Å². The monoisotopic (exact) mass is 216 g/mol. The number of nitrogens with zero attached hydrogens (tertiary/aromatic N) is 1. The average Bonchev–Trinajstić information content (AvgIpc) is 2.56. The molecule has 0 radical (unpaired) electrons. The normalized spacial score (nSPS) is 11.2. The van der Waals surface area contributed by atoms with Crippen LogP contribution in [0.5, 0.6) is 0 Å². The van der Waals surface area contributed by atoms with Crippen molar-refractivity contribution in [2.75, 3.05) is 13.6 Å². The summed E-state index contributed by atoms with van der Waals surface area (Å²) in [6, 6.07) is 6.62. The highest BCUT2D eigenvalue weighted by molar-refractivity contribution is 5.87. The molecule has 16 heavy (non-hydrogen) atoms. The molecule has 2 rings (SSSR count). The van der Waals surface area contributed by atoms with E-state index < -0.39 is 0 Å². The Morgan fingerprint density at radius 1 is 1.31 bits per heavy atom. The fourth-order valence-corrected chi connectivity index (χ4v) is 2.42. The molecular weight excluding hydrogens is 196 g/mol. The van der Waals surface area contributed by atoms with Crippen LogP contribution < -0.4 is 5.32 Å². The Kier molecular flexibility index (Phi) is 3.30. The first-order valence-corrected chi connectivity index (χ1v) is 5.92. The quantitative estimate of drug-likeness (QED) is 0.777. The summed E-state index contributed by atoms with van der Waals surface area (Å²) in [5.74, 6) is 0. The zero-order valence-electron chi connectivity index (χ0n) is 10.4. The first-order chi connectivity index (χ1) is 7.74. The van der Waals surface area contributed by atoms with E-state index in [0.29, 0.717) is 0 Å². The summed E-state index contributed by atoms with van der Waals surface area (Å²) < 4.78 is 2.21. The van der Waals surface area contributed by atoms with Crippen molar-refractivity contribution >= 4 is 10.9 Å². The van der Waals surface area contributed by atoms with Crippen molar-refractivity contribution in [3.05, 3.63) is 35.5 Å². The Hall–Kier alpha value is -1.28. The molecule has 0 saturated carbocycles. The topological polar surface area (TPSA) is 17.0 Å². The van der Waals surface area contributed by atoms with Crippen molar-refractivity contribution in [2.45, 2.75) is 19.8 Å². The van der Waals surface area contributed by atoms with Gasteiger partial charge in [0.15, 0.2) is 0 Å². The molecule has 2 heteroatoms. The molecule has 2 aromatic rings. The minimum Gasteiger partial charge on any atom is -0.350 e. The molecule has 1 aromatic heterocycles. The third-order valence-electron chi connectivity index (χ3n) is 3.16. The summed E-state index contributed by atoms with van der Waals surface area (Å²) in [7, 11) is 4.13. The van der Waals surface area contributed by atoms with Gasteiger partial charge in [0.25, 0.3) is 0 Å². The van der Waals surface area contributed by atoms with Gasteiger partial charge in [-0.05, 0) is 50.6 Å². The predicted octanol–water partition coefficient (Wildman–Crippen LogP) is 2.64. The number of benzene rings is 1. The molecule has 1 aromatic carbocycles. The number of aryl methyl sites for hydroxylation is 3. The Bertz CT molecular complexity index is 483. The maximum absolute atomic E-state index is 3.20. The predicted molar refractivity (Wildman–Crippen MR) is 69.9 cm³/mol. The molecule has 1 N–H and O–H groups in total. The van der Waals surface area contributed by atoms with E-state index in [4.69, 9.17) is 0 Å². The minimum atomic E-state index is 1.09. The molecule has 0 unspecified atom stereocenters. The van der Waals surface area contributed by atoms with E-state index in [-0.39, 0.29) is 0 Å². The van der Waals surface area contributed by atoms with Crippen LogP contribution in [-0.2, 0) is 13.5 Å². The van der Waals surface area contributed by atoms with Crippen LogP contribution in [-0.4, -0.2) is 18.2 Å². The standard InChI is InChI=1S/C14H20N2/c1-11-10-16(3)13-8-4-6-12(14(11)13)7-5-9-15-2/h4,6,8,10,15H,5,7,9H2,1-3H3. The van der Waals surface area contributed by atoms with Gasteiger partial charge < -0.3 is 9.88 Å². The Balaban J connectivity index is 2.37. The maximum Gasteiger partial charge on any atom is 0.0483 e. The molecule has 0 fully saturated rings. The Morgan fingerprint density at radius 2 is 2.12 bits per heavy atom. The number of hydrogen-bond acceptors (Lipinski definition) is 1. The summed E-state index contributed by atoms with van der Waals surface area (Å²) in [5.41, 5.74) is 4.21. The van der Waals surface area contributed by atoms with Crippen LogP contribution in [0.1, 0.15) is 17.5 Å². The van der Waals surface area contributed by atoms with E-state index in [1.807, 2.05) is 7.05 Å². The van der Waals surface area contributed by atoms with Crippen LogP contribution in [0.15, 0.2) is 24.4 Å². The van der Waals surface area contributed by atoms with Crippen LogP contribution in [0.4, 0.5) is 0 Å². The van der Waals surface area contributed by atoms with Gasteiger partial charge in [-0.2, -0.15) is 0 Å². The molecule has 1 heterocycles. The van der Waals surface area contributed by atoms with Crippen LogP contribution in [0.25, 0.3) is 10.9 Å². The van der Waals surface area contributed by atoms with Gasteiger partial charge in [0.2, 0.25) is 0 Å². The maximum atomic E-state index is 3.20. The lowest BCUT2D eigenvalue weighted by molar-refractivity contribution is 0.727. The highest BCUT2D eigenvalue weighted by atomic mass is 14.9. The van der Waals surface area contributed by atoms with E-state index in [1.165, 1.54) is 28.5 Å². The van der Waals surface area contributed by atoms with Gasteiger partial charge in [0, 0.05) is 24.1 Å². The Morgan fingerprint density at radius 3 is 2.88 bits per heavy atom. The average molecular weight is 216 g/mol. The van der Waals surface area contributed by atoms with Crippen molar-refractivity contribution in [1.82, 2.24) is 9.88 Å². The molecule has 0 aliphatic rings. The van der Waals surface area contributed by atoms with E-state index in [1.54, 1.807) is 0 Å². The van der Waals surface area contributed by atoms with Gasteiger partial charge in [-0.1, -0.05) is 12.1 Å². The summed E-state index contributed by atoms with van der Waals surface area (Å²) in [5, 5.41) is 4.65. The fraction of sp³-hybridized carbons (Fsp3) is 0.429. The highest BCUT2D eigenvalue weighted by Crippen LogP contribution is 2.24. The lowest BCUT2D eigenvalue weighted by atomic mass is 10.0. The molecule has 0 atom stereocenters. The van der Waals surface area contributed by atoms with E-state index in [0.717, 1.165) is 13.0 Å². The zero-order valence-corrected chi connectivity index (χ0v) is 10.4. The van der Waals surface area contributed by atoms with Crippen molar-refractivity contribution in [2.24, 2.45) is 7.05 Å². The van der Waals surface area contributed by atoms with Gasteiger partial charge in [0.1, 0.15) is 0 Å². The third kappa shape index (κ3) is 1.98. The molecule has 0 spiro atoms. The second-order valence-corrected chi connectivity index (χ2v) is 4.44. The van der Waals surface area contributed by atoms with Crippen LogP contribution >= 0.6 is 0 Å². The van der Waals surface area contributed by atoms with Crippen molar-refractivity contribution in [3.8, 4) is 0 Å². The molecular formula is C14H20N2. The molecule has 0 saturated heterocycles. The summed E-state index contributed by atoms with van der Waals surface area (Å²) >= 11 is 0. The van der Waals surface area contributed by atoms with Gasteiger partial charge in [-0.15, -0.1) is 0 Å². The molecule has 0 bridgehead atoms. The third-order valence-corrected chi connectivity index (χ3v) is 3.16. The molecule has 0 amide bonds. The van der Waals surface area contributed by atoms with E-state index in [9.17, 15) is 0 Å². The Labute approximate surface area is 97.3 Å². The summed E-state index contributed by atoms with van der Waals surface area (Å²) in [6.45, 7) is 3.28. The molecule has 86 valence electrons. The lowest BCUT2D eigenvalue weighted by Crippen LogP contribution is -2.08. The fourth-order valence-electron chi connectivity index (χ4n) is 2.42. The van der Waals surface area contributed by atoms with Crippen LogP contribution in [0.3, 0.4) is 0 Å². The second kappa shape index (κ2) is 4.71.